The van der Waals surface area contributed by atoms with Crippen molar-refractivity contribution in [2.45, 2.75) is 37.9 Å². The second-order valence-corrected chi connectivity index (χ2v) is 13.7. The maximum atomic E-state index is 14.6. The molecule has 4 aromatic carbocycles. The molecule has 1 aliphatic carbocycles. The lowest BCUT2D eigenvalue weighted by molar-refractivity contribution is 0.0314. The quantitative estimate of drug-likeness (QED) is 0.262. The highest BCUT2D eigenvalue weighted by atomic mass is 31.2. The van der Waals surface area contributed by atoms with E-state index in [1.165, 1.54) is 0 Å². The van der Waals surface area contributed by atoms with Gasteiger partial charge in [-0.2, -0.15) is 0 Å². The highest BCUT2D eigenvalue weighted by Gasteiger charge is 2.41. The molecule has 4 aromatic rings. The lowest BCUT2D eigenvalue weighted by atomic mass is 9.95. The van der Waals surface area contributed by atoms with E-state index in [0.717, 1.165) is 12.8 Å². The molecule has 4 nitrogen and oxygen atoms in total. The van der Waals surface area contributed by atoms with Gasteiger partial charge < -0.3 is 9.05 Å². The van der Waals surface area contributed by atoms with Crippen molar-refractivity contribution in [1.82, 2.24) is 0 Å². The van der Waals surface area contributed by atoms with E-state index in [0.29, 0.717) is 34.1 Å². The van der Waals surface area contributed by atoms with Gasteiger partial charge in [-0.15, -0.1) is 0 Å². The predicted octanol–water partition coefficient (Wildman–Crippen LogP) is 6.19. The van der Waals surface area contributed by atoms with E-state index in [1.807, 2.05) is 121 Å². The van der Waals surface area contributed by atoms with Crippen molar-refractivity contribution in [3.63, 3.8) is 0 Å². The molecule has 0 spiro atoms. The van der Waals surface area contributed by atoms with Gasteiger partial charge in [0.15, 0.2) is 0 Å². The Kier molecular flexibility index (Phi) is 7.70. The Labute approximate surface area is 213 Å². The topological polar surface area (TPSA) is 52.6 Å². The van der Waals surface area contributed by atoms with Crippen LogP contribution in [0.15, 0.2) is 121 Å². The van der Waals surface area contributed by atoms with Crippen LogP contribution in [0.4, 0.5) is 0 Å². The summed E-state index contributed by atoms with van der Waals surface area (Å²) in [5.41, 5.74) is 0. The molecule has 0 radical (unpaired) electrons. The third-order valence-corrected chi connectivity index (χ3v) is 11.6. The van der Waals surface area contributed by atoms with Crippen LogP contribution in [0.5, 0.6) is 0 Å². The molecule has 184 valence electrons. The van der Waals surface area contributed by atoms with Crippen LogP contribution in [0, 0.1) is 0 Å². The van der Waals surface area contributed by atoms with E-state index >= 15 is 0 Å². The van der Waals surface area contributed by atoms with Crippen molar-refractivity contribution in [2.24, 2.45) is 0 Å². The number of hydrogen-bond acceptors (Lipinski definition) is 4. The Morgan fingerprint density at radius 3 is 0.944 bits per heavy atom. The first-order valence-electron chi connectivity index (χ1n) is 12.4. The van der Waals surface area contributed by atoms with Crippen LogP contribution in [-0.4, -0.2) is 12.2 Å². The van der Waals surface area contributed by atoms with Gasteiger partial charge in [0.25, 0.3) is 14.7 Å². The van der Waals surface area contributed by atoms with Crippen molar-refractivity contribution in [3.05, 3.63) is 121 Å². The SMILES string of the molecule is O=P(O[C@H]1CCCC[C@@H]1OP(=O)(c1ccccc1)c1ccccc1)(c1ccccc1)c1ccccc1. The Hall–Kier alpha value is -2.74. The van der Waals surface area contributed by atoms with Gasteiger partial charge in [0.1, 0.15) is 0 Å². The van der Waals surface area contributed by atoms with Gasteiger partial charge in [0.2, 0.25) is 0 Å². The Balaban J connectivity index is 1.52. The average molecular weight is 517 g/mol. The monoisotopic (exact) mass is 516 g/mol. The molecule has 36 heavy (non-hydrogen) atoms. The summed E-state index contributed by atoms with van der Waals surface area (Å²) in [4.78, 5) is 0. The first-order valence-corrected chi connectivity index (χ1v) is 15.6. The standard InChI is InChI=1S/C30H30O4P2/c31-35(25-15-5-1-6-16-25,26-17-7-2-8-18-26)33-29-23-13-14-24-30(29)34-36(32,27-19-9-3-10-20-27)28-21-11-4-12-22-28/h1-12,15-22,29-30H,13-14,23-24H2/t29-,30-/m0/s1. The van der Waals surface area contributed by atoms with Crippen molar-refractivity contribution < 1.29 is 18.2 Å². The van der Waals surface area contributed by atoms with Crippen LogP contribution in [0.2, 0.25) is 0 Å². The van der Waals surface area contributed by atoms with Crippen LogP contribution < -0.4 is 21.2 Å². The fraction of sp³-hybridized carbons (Fsp3) is 0.200. The molecule has 1 saturated carbocycles. The zero-order valence-corrected chi connectivity index (χ0v) is 21.8. The Morgan fingerprint density at radius 2 is 0.694 bits per heavy atom. The summed E-state index contributed by atoms with van der Waals surface area (Å²) in [6, 6.07) is 37.5. The zero-order chi connectivity index (χ0) is 24.8. The Morgan fingerprint density at radius 1 is 0.444 bits per heavy atom. The smallest absolute Gasteiger partial charge is 0.261 e. The van der Waals surface area contributed by atoms with Crippen LogP contribution in [0.1, 0.15) is 25.7 Å². The van der Waals surface area contributed by atoms with E-state index in [1.54, 1.807) is 0 Å². The fourth-order valence-corrected chi connectivity index (χ4v) is 9.31. The molecule has 2 atom stereocenters. The van der Waals surface area contributed by atoms with Gasteiger partial charge in [0.05, 0.1) is 12.2 Å². The zero-order valence-electron chi connectivity index (χ0n) is 20.1. The fourth-order valence-electron chi connectivity index (χ4n) is 4.72. The van der Waals surface area contributed by atoms with Crippen LogP contribution in [0.3, 0.4) is 0 Å². The minimum Gasteiger partial charge on any atom is -0.316 e. The van der Waals surface area contributed by atoms with Gasteiger partial charge in [-0.1, -0.05) is 85.6 Å². The summed E-state index contributed by atoms with van der Waals surface area (Å²) < 4.78 is 42.4. The summed E-state index contributed by atoms with van der Waals surface area (Å²) in [5.74, 6) is 0. The second kappa shape index (κ2) is 11.1. The molecule has 1 fully saturated rings. The van der Waals surface area contributed by atoms with E-state index in [4.69, 9.17) is 9.05 Å². The number of rotatable bonds is 8. The third-order valence-electron chi connectivity index (χ3n) is 6.59. The molecule has 0 N–H and O–H groups in total. The van der Waals surface area contributed by atoms with Crippen molar-refractivity contribution in [3.8, 4) is 0 Å². The lowest BCUT2D eigenvalue weighted by Crippen LogP contribution is -2.37. The molecule has 0 amide bonds. The van der Waals surface area contributed by atoms with Crippen LogP contribution in [0.25, 0.3) is 0 Å². The molecule has 0 unspecified atom stereocenters. The second-order valence-electron chi connectivity index (χ2n) is 9.02. The number of benzene rings is 4. The lowest BCUT2D eigenvalue weighted by Gasteiger charge is -2.36. The van der Waals surface area contributed by atoms with Crippen molar-refractivity contribution >= 4 is 36.0 Å². The maximum absolute atomic E-state index is 14.6. The van der Waals surface area contributed by atoms with Crippen molar-refractivity contribution in [2.75, 3.05) is 0 Å². The third kappa shape index (κ3) is 5.19. The average Bonchev–Trinajstić information content (AvgIpc) is 2.96. The molecular weight excluding hydrogens is 486 g/mol. The molecule has 1 aliphatic rings. The van der Waals surface area contributed by atoms with Gasteiger partial charge in [-0.3, -0.25) is 9.13 Å². The van der Waals surface area contributed by atoms with Gasteiger partial charge in [-0.25, -0.2) is 0 Å². The normalized spacial score (nSPS) is 18.6. The molecular formula is C30H30O4P2. The Bertz CT molecular complexity index is 1150. The van der Waals surface area contributed by atoms with E-state index in [-0.39, 0.29) is 0 Å². The van der Waals surface area contributed by atoms with E-state index in [9.17, 15) is 9.13 Å². The minimum atomic E-state index is -3.41. The van der Waals surface area contributed by atoms with Crippen molar-refractivity contribution in [1.29, 1.82) is 0 Å². The van der Waals surface area contributed by atoms with Crippen LogP contribution >= 0.6 is 14.7 Å². The summed E-state index contributed by atoms with van der Waals surface area (Å²) in [6.07, 6.45) is 2.36. The summed E-state index contributed by atoms with van der Waals surface area (Å²) in [6.45, 7) is 0. The van der Waals surface area contributed by atoms with Gasteiger partial charge >= 0.3 is 0 Å². The minimum absolute atomic E-state index is 0.453. The summed E-state index contributed by atoms with van der Waals surface area (Å²) in [5, 5.41) is 2.59. The molecule has 0 bridgehead atoms. The number of hydrogen-bond donors (Lipinski definition) is 0. The van der Waals surface area contributed by atoms with E-state index < -0.39 is 26.9 Å². The summed E-state index contributed by atoms with van der Waals surface area (Å²) >= 11 is 0. The highest BCUT2D eigenvalue weighted by molar-refractivity contribution is 7.74. The molecule has 0 aromatic heterocycles. The van der Waals surface area contributed by atoms with Crippen LogP contribution in [-0.2, 0) is 18.2 Å². The highest BCUT2D eigenvalue weighted by Crippen LogP contribution is 2.52. The molecule has 6 heteroatoms. The first-order chi connectivity index (χ1) is 17.6. The van der Waals surface area contributed by atoms with Gasteiger partial charge in [0, 0.05) is 21.2 Å². The molecule has 0 aliphatic heterocycles. The first kappa shape index (κ1) is 24.9. The maximum Gasteiger partial charge on any atom is 0.261 e. The molecule has 0 heterocycles. The largest absolute Gasteiger partial charge is 0.316 e. The molecule has 5 rings (SSSR count). The van der Waals surface area contributed by atoms with Gasteiger partial charge in [-0.05, 0) is 61.4 Å². The predicted molar refractivity (Wildman–Crippen MR) is 148 cm³/mol. The van der Waals surface area contributed by atoms with E-state index in [2.05, 4.69) is 0 Å². The molecule has 0 saturated heterocycles. The summed E-state index contributed by atoms with van der Waals surface area (Å²) in [7, 11) is -6.82.